The van der Waals surface area contributed by atoms with Crippen LogP contribution in [-0.2, 0) is 0 Å². The van der Waals surface area contributed by atoms with E-state index in [1.807, 2.05) is 54.6 Å². The Kier molecular flexibility index (Phi) is 5.81. The van der Waals surface area contributed by atoms with Gasteiger partial charge in [0.15, 0.2) is 0 Å². The number of carbonyl (C=O) groups is 1. The van der Waals surface area contributed by atoms with Crippen LogP contribution < -0.4 is 10.2 Å². The number of amides is 1. The summed E-state index contributed by atoms with van der Waals surface area (Å²) in [6.07, 6.45) is 3.27. The summed E-state index contributed by atoms with van der Waals surface area (Å²) in [4.78, 5) is 12.3. The highest BCUT2D eigenvalue weighted by molar-refractivity contribution is 9.10. The van der Waals surface area contributed by atoms with Crippen molar-refractivity contribution in [2.45, 2.75) is 0 Å². The number of carbonyl (C=O) groups excluding carboxylic acids is 1. The van der Waals surface area contributed by atoms with E-state index in [1.54, 1.807) is 18.4 Å². The van der Waals surface area contributed by atoms with E-state index < -0.39 is 0 Å². The topological polar surface area (TPSA) is 50.7 Å². The molecule has 3 aromatic rings. The predicted octanol–water partition coefficient (Wildman–Crippen LogP) is 4.93. The first-order valence-corrected chi connectivity index (χ1v) is 8.82. The monoisotopic (exact) mass is 408 g/mol. The number of fused-ring (bicyclic) bond motifs is 1. The van der Waals surface area contributed by atoms with E-state index in [9.17, 15) is 4.79 Å². The fraction of sp³-hybridized carbons (Fsp3) is 0.0476. The second-order valence-corrected chi connectivity index (χ2v) is 6.40. The molecule has 3 aromatic carbocycles. The van der Waals surface area contributed by atoms with Crippen molar-refractivity contribution in [3.63, 3.8) is 0 Å². The largest absolute Gasteiger partial charge is 0.488 e. The fourth-order valence-electron chi connectivity index (χ4n) is 2.42. The molecule has 0 aromatic heterocycles. The summed E-state index contributed by atoms with van der Waals surface area (Å²) in [5.74, 6) is 0.472. The van der Waals surface area contributed by atoms with E-state index in [0.29, 0.717) is 12.2 Å². The second-order valence-electron chi connectivity index (χ2n) is 5.55. The van der Waals surface area contributed by atoms with Gasteiger partial charge in [-0.25, -0.2) is 5.43 Å². The van der Waals surface area contributed by atoms with Crippen molar-refractivity contribution in [2.24, 2.45) is 5.10 Å². The van der Waals surface area contributed by atoms with Crippen LogP contribution >= 0.6 is 15.9 Å². The first kappa shape index (κ1) is 17.9. The van der Waals surface area contributed by atoms with Crippen LogP contribution in [0.2, 0.25) is 0 Å². The lowest BCUT2D eigenvalue weighted by Gasteiger charge is -2.06. The van der Waals surface area contributed by atoms with E-state index in [2.05, 4.69) is 33.0 Å². The van der Waals surface area contributed by atoms with Gasteiger partial charge in [-0.2, -0.15) is 5.10 Å². The Morgan fingerprint density at radius 3 is 2.69 bits per heavy atom. The number of hydrogen-bond acceptors (Lipinski definition) is 3. The van der Waals surface area contributed by atoms with Gasteiger partial charge in [0.25, 0.3) is 5.91 Å². The molecule has 1 amide bonds. The molecule has 26 heavy (non-hydrogen) atoms. The van der Waals surface area contributed by atoms with E-state index in [1.165, 1.54) is 0 Å². The fourth-order valence-corrected chi connectivity index (χ4v) is 2.93. The zero-order valence-corrected chi connectivity index (χ0v) is 15.6. The number of nitrogens with one attached hydrogen (secondary N) is 1. The van der Waals surface area contributed by atoms with Crippen molar-refractivity contribution in [1.29, 1.82) is 0 Å². The SMILES string of the molecule is C=CCOc1ccc(/C=N\NC(=O)c2ccc3ccccc3c2)cc1Br. The van der Waals surface area contributed by atoms with Crippen LogP contribution in [0.1, 0.15) is 15.9 Å². The van der Waals surface area contributed by atoms with Crippen molar-refractivity contribution < 1.29 is 9.53 Å². The molecule has 0 radical (unpaired) electrons. The van der Waals surface area contributed by atoms with Gasteiger partial charge in [0.2, 0.25) is 0 Å². The molecule has 0 fully saturated rings. The highest BCUT2D eigenvalue weighted by Crippen LogP contribution is 2.25. The Labute approximate surface area is 160 Å². The normalized spacial score (nSPS) is 10.8. The van der Waals surface area contributed by atoms with Gasteiger partial charge in [-0.05, 0) is 62.6 Å². The Morgan fingerprint density at radius 2 is 1.92 bits per heavy atom. The van der Waals surface area contributed by atoms with Crippen molar-refractivity contribution in [3.8, 4) is 5.75 Å². The van der Waals surface area contributed by atoms with E-state index in [4.69, 9.17) is 4.74 Å². The average molecular weight is 409 g/mol. The summed E-state index contributed by atoms with van der Waals surface area (Å²) in [7, 11) is 0. The van der Waals surface area contributed by atoms with Crippen molar-refractivity contribution in [3.05, 3.63) is 88.9 Å². The van der Waals surface area contributed by atoms with Gasteiger partial charge in [-0.15, -0.1) is 0 Å². The van der Waals surface area contributed by atoms with E-state index >= 15 is 0 Å². The lowest BCUT2D eigenvalue weighted by molar-refractivity contribution is 0.0955. The first-order chi connectivity index (χ1) is 12.7. The summed E-state index contributed by atoms with van der Waals surface area (Å²) < 4.78 is 6.31. The van der Waals surface area contributed by atoms with Crippen LogP contribution in [0.5, 0.6) is 5.75 Å². The number of ether oxygens (including phenoxy) is 1. The van der Waals surface area contributed by atoms with Gasteiger partial charge < -0.3 is 4.74 Å². The Morgan fingerprint density at radius 1 is 1.12 bits per heavy atom. The molecule has 4 nitrogen and oxygen atoms in total. The van der Waals surface area contributed by atoms with Crippen LogP contribution in [0.15, 0.2) is 82.9 Å². The zero-order valence-electron chi connectivity index (χ0n) is 14.0. The van der Waals surface area contributed by atoms with Gasteiger partial charge in [0.1, 0.15) is 12.4 Å². The molecule has 0 aliphatic rings. The molecule has 0 atom stereocenters. The van der Waals surface area contributed by atoms with Gasteiger partial charge in [0, 0.05) is 5.56 Å². The molecule has 130 valence electrons. The maximum Gasteiger partial charge on any atom is 0.271 e. The molecule has 0 spiro atoms. The van der Waals surface area contributed by atoms with Crippen molar-refractivity contribution >= 4 is 38.8 Å². The summed E-state index contributed by atoms with van der Waals surface area (Å²) in [5.41, 5.74) is 3.95. The third-order valence-corrected chi connectivity index (χ3v) is 4.32. The average Bonchev–Trinajstić information content (AvgIpc) is 2.67. The molecule has 0 aliphatic carbocycles. The molecule has 0 aliphatic heterocycles. The molecular formula is C21H17BrN2O2. The summed E-state index contributed by atoms with van der Waals surface area (Å²) >= 11 is 3.45. The number of hydrogen-bond donors (Lipinski definition) is 1. The smallest absolute Gasteiger partial charge is 0.271 e. The highest BCUT2D eigenvalue weighted by Gasteiger charge is 2.05. The van der Waals surface area contributed by atoms with E-state index in [0.717, 1.165) is 26.6 Å². The Bertz CT molecular complexity index is 983. The quantitative estimate of drug-likeness (QED) is 0.357. The van der Waals surface area contributed by atoms with Crippen LogP contribution in [0, 0.1) is 0 Å². The minimum atomic E-state index is -0.253. The number of rotatable bonds is 6. The van der Waals surface area contributed by atoms with Gasteiger partial charge in [-0.1, -0.05) is 43.0 Å². The lowest BCUT2D eigenvalue weighted by Crippen LogP contribution is -2.17. The summed E-state index contributed by atoms with van der Waals surface area (Å²) in [6.45, 7) is 4.06. The predicted molar refractivity (Wildman–Crippen MR) is 109 cm³/mol. The third-order valence-electron chi connectivity index (χ3n) is 3.70. The molecule has 3 rings (SSSR count). The third kappa shape index (κ3) is 4.37. The molecule has 0 bridgehead atoms. The van der Waals surface area contributed by atoms with Crippen LogP contribution in [-0.4, -0.2) is 18.7 Å². The van der Waals surface area contributed by atoms with E-state index in [-0.39, 0.29) is 5.91 Å². The number of benzene rings is 3. The second kappa shape index (κ2) is 8.45. The lowest BCUT2D eigenvalue weighted by atomic mass is 10.1. The molecule has 5 heteroatoms. The number of nitrogens with zero attached hydrogens (tertiary/aromatic N) is 1. The maximum absolute atomic E-state index is 12.3. The molecule has 1 N–H and O–H groups in total. The molecular weight excluding hydrogens is 392 g/mol. The van der Waals surface area contributed by atoms with Crippen molar-refractivity contribution in [2.75, 3.05) is 6.61 Å². The zero-order chi connectivity index (χ0) is 18.4. The van der Waals surface area contributed by atoms with Crippen LogP contribution in [0.3, 0.4) is 0 Å². The first-order valence-electron chi connectivity index (χ1n) is 8.03. The molecule has 0 saturated carbocycles. The van der Waals surface area contributed by atoms with Gasteiger partial charge >= 0.3 is 0 Å². The number of hydrazone groups is 1. The summed E-state index contributed by atoms with van der Waals surface area (Å²) in [5, 5.41) is 6.14. The molecule has 0 unspecified atom stereocenters. The Hall–Kier alpha value is -2.92. The summed E-state index contributed by atoms with van der Waals surface area (Å²) in [6, 6.07) is 19.0. The highest BCUT2D eigenvalue weighted by atomic mass is 79.9. The molecule has 0 heterocycles. The standard InChI is InChI=1S/C21H17BrN2O2/c1-2-11-26-20-10-7-15(12-19(20)22)14-23-24-21(25)18-9-8-16-5-3-4-6-17(16)13-18/h2-10,12-14H,1,11H2,(H,24,25)/b23-14-. The minimum absolute atomic E-state index is 0.253. The van der Waals surface area contributed by atoms with Crippen molar-refractivity contribution in [1.82, 2.24) is 5.43 Å². The molecule has 0 saturated heterocycles. The number of halogens is 1. The van der Waals surface area contributed by atoms with Gasteiger partial charge in [-0.3, -0.25) is 4.79 Å². The minimum Gasteiger partial charge on any atom is -0.488 e. The Balaban J connectivity index is 1.66. The van der Waals surface area contributed by atoms with Crippen LogP contribution in [0.4, 0.5) is 0 Å². The van der Waals surface area contributed by atoms with Gasteiger partial charge in [0.05, 0.1) is 10.7 Å². The maximum atomic E-state index is 12.3. The van der Waals surface area contributed by atoms with Crippen LogP contribution in [0.25, 0.3) is 10.8 Å².